The second-order valence-electron chi connectivity index (χ2n) is 6.55. The van der Waals surface area contributed by atoms with Gasteiger partial charge in [0.25, 0.3) is 0 Å². The van der Waals surface area contributed by atoms with Crippen molar-refractivity contribution >= 4 is 32.5 Å². The fourth-order valence-electron chi connectivity index (χ4n) is 3.11. The number of pyridine rings is 1. The number of primary sulfonamides is 1. The SMILES string of the molecule is Cc1nc2ccccc2c(C)c1CC(=O)Nc1ccc(CS(N)(=O)=O)cc1. The largest absolute Gasteiger partial charge is 0.326 e. The molecule has 0 radical (unpaired) electrons. The Morgan fingerprint density at radius 1 is 1.07 bits per heavy atom. The smallest absolute Gasteiger partial charge is 0.228 e. The number of aromatic nitrogens is 1. The molecule has 1 aromatic heterocycles. The van der Waals surface area contributed by atoms with E-state index in [0.29, 0.717) is 11.3 Å². The van der Waals surface area contributed by atoms with Gasteiger partial charge in [-0.25, -0.2) is 13.6 Å². The van der Waals surface area contributed by atoms with Crippen LogP contribution in [0.5, 0.6) is 0 Å². The quantitative estimate of drug-likeness (QED) is 0.707. The molecule has 0 aliphatic carbocycles. The number of aryl methyl sites for hydroxylation is 2. The van der Waals surface area contributed by atoms with E-state index in [1.165, 1.54) is 0 Å². The standard InChI is InChI=1S/C20H21N3O3S/c1-13-17-5-3-4-6-19(17)22-14(2)18(13)11-20(24)23-16-9-7-15(8-10-16)12-27(21,25)26/h3-10H,11-12H2,1-2H3,(H,23,24)(H2,21,25,26). The van der Waals surface area contributed by atoms with E-state index >= 15 is 0 Å². The molecule has 27 heavy (non-hydrogen) atoms. The van der Waals surface area contributed by atoms with E-state index in [-0.39, 0.29) is 18.1 Å². The third-order valence-corrected chi connectivity index (χ3v) is 5.16. The first-order valence-corrected chi connectivity index (χ1v) is 10.2. The zero-order chi connectivity index (χ0) is 19.6. The van der Waals surface area contributed by atoms with Crippen molar-refractivity contribution in [3.8, 4) is 0 Å². The number of hydrogen-bond acceptors (Lipinski definition) is 4. The molecule has 140 valence electrons. The van der Waals surface area contributed by atoms with E-state index in [1.54, 1.807) is 24.3 Å². The van der Waals surface area contributed by atoms with Crippen LogP contribution in [0.15, 0.2) is 48.5 Å². The van der Waals surface area contributed by atoms with Gasteiger partial charge in [-0.2, -0.15) is 0 Å². The van der Waals surface area contributed by atoms with Crippen LogP contribution in [0.1, 0.15) is 22.4 Å². The Balaban J connectivity index is 1.75. The summed E-state index contributed by atoms with van der Waals surface area (Å²) in [7, 11) is -3.58. The van der Waals surface area contributed by atoms with Crippen LogP contribution in [-0.2, 0) is 27.0 Å². The minimum Gasteiger partial charge on any atom is -0.326 e. The molecular formula is C20H21N3O3S. The molecule has 1 amide bonds. The number of amides is 1. The summed E-state index contributed by atoms with van der Waals surface area (Å²) in [5.74, 6) is -0.389. The van der Waals surface area contributed by atoms with Crippen LogP contribution in [0.25, 0.3) is 10.9 Å². The van der Waals surface area contributed by atoms with Crippen molar-refractivity contribution in [2.75, 3.05) is 5.32 Å². The highest BCUT2D eigenvalue weighted by Crippen LogP contribution is 2.23. The number of anilines is 1. The fraction of sp³-hybridized carbons (Fsp3) is 0.200. The topological polar surface area (TPSA) is 102 Å². The molecule has 3 rings (SSSR count). The van der Waals surface area contributed by atoms with Crippen molar-refractivity contribution < 1.29 is 13.2 Å². The van der Waals surface area contributed by atoms with Crippen LogP contribution >= 0.6 is 0 Å². The number of benzene rings is 2. The van der Waals surface area contributed by atoms with Crippen molar-refractivity contribution in [2.45, 2.75) is 26.0 Å². The summed E-state index contributed by atoms with van der Waals surface area (Å²) in [6, 6.07) is 14.5. The monoisotopic (exact) mass is 383 g/mol. The summed E-state index contributed by atoms with van der Waals surface area (Å²) in [6.07, 6.45) is 0.217. The van der Waals surface area contributed by atoms with E-state index in [1.807, 2.05) is 38.1 Å². The number of fused-ring (bicyclic) bond motifs is 1. The molecule has 6 nitrogen and oxygen atoms in total. The number of sulfonamides is 1. The fourth-order valence-corrected chi connectivity index (χ4v) is 3.77. The second-order valence-corrected chi connectivity index (χ2v) is 8.16. The Morgan fingerprint density at radius 2 is 1.74 bits per heavy atom. The lowest BCUT2D eigenvalue weighted by molar-refractivity contribution is -0.115. The number of hydrogen-bond donors (Lipinski definition) is 2. The normalized spacial score (nSPS) is 11.5. The van der Waals surface area contributed by atoms with Gasteiger partial charge in [-0.3, -0.25) is 9.78 Å². The van der Waals surface area contributed by atoms with E-state index in [0.717, 1.165) is 27.7 Å². The maximum absolute atomic E-state index is 12.5. The van der Waals surface area contributed by atoms with Gasteiger partial charge in [-0.15, -0.1) is 0 Å². The molecular weight excluding hydrogens is 362 g/mol. The molecule has 0 fully saturated rings. The first-order chi connectivity index (χ1) is 12.7. The van der Waals surface area contributed by atoms with Gasteiger partial charge in [-0.1, -0.05) is 30.3 Å². The van der Waals surface area contributed by atoms with Crippen LogP contribution in [0, 0.1) is 13.8 Å². The maximum Gasteiger partial charge on any atom is 0.228 e. The molecule has 0 aliphatic rings. The van der Waals surface area contributed by atoms with Crippen LogP contribution in [0.4, 0.5) is 5.69 Å². The van der Waals surface area contributed by atoms with Crippen LogP contribution in [0.3, 0.4) is 0 Å². The van der Waals surface area contributed by atoms with Crippen LogP contribution in [0.2, 0.25) is 0 Å². The summed E-state index contributed by atoms with van der Waals surface area (Å²) in [4.78, 5) is 17.1. The molecule has 0 spiro atoms. The number of nitrogens with two attached hydrogens (primary N) is 1. The zero-order valence-corrected chi connectivity index (χ0v) is 16.0. The molecule has 7 heteroatoms. The first kappa shape index (κ1) is 19.0. The maximum atomic E-state index is 12.5. The number of carbonyl (C=O) groups excluding carboxylic acids is 1. The van der Waals surface area contributed by atoms with Crippen molar-refractivity contribution in [2.24, 2.45) is 5.14 Å². The van der Waals surface area contributed by atoms with E-state index in [4.69, 9.17) is 5.14 Å². The Hall–Kier alpha value is -2.77. The van der Waals surface area contributed by atoms with Gasteiger partial charge >= 0.3 is 0 Å². The van der Waals surface area contributed by atoms with Gasteiger partial charge < -0.3 is 5.32 Å². The summed E-state index contributed by atoms with van der Waals surface area (Å²) < 4.78 is 22.3. The highest BCUT2D eigenvalue weighted by molar-refractivity contribution is 7.88. The molecule has 3 N–H and O–H groups in total. The molecule has 0 saturated heterocycles. The average Bonchev–Trinajstić information content (AvgIpc) is 2.59. The van der Waals surface area contributed by atoms with Gasteiger partial charge in [0.1, 0.15) is 0 Å². The van der Waals surface area contributed by atoms with Crippen molar-refractivity contribution in [1.29, 1.82) is 0 Å². The van der Waals surface area contributed by atoms with Gasteiger partial charge in [0.15, 0.2) is 0 Å². The minimum atomic E-state index is -3.58. The second kappa shape index (κ2) is 7.46. The molecule has 0 atom stereocenters. The number of nitrogens with zero attached hydrogens (tertiary/aromatic N) is 1. The predicted octanol–water partition coefficient (Wildman–Crippen LogP) is 2.82. The lowest BCUT2D eigenvalue weighted by atomic mass is 9.99. The molecule has 0 bridgehead atoms. The summed E-state index contributed by atoms with van der Waals surface area (Å²) in [5.41, 5.74) is 4.89. The predicted molar refractivity (Wildman–Crippen MR) is 107 cm³/mol. The van der Waals surface area contributed by atoms with E-state index in [2.05, 4.69) is 10.3 Å². The highest BCUT2D eigenvalue weighted by Gasteiger charge is 2.13. The third-order valence-electron chi connectivity index (χ3n) is 4.43. The van der Waals surface area contributed by atoms with Crippen LogP contribution in [-0.4, -0.2) is 19.3 Å². The van der Waals surface area contributed by atoms with Gasteiger partial charge in [-0.05, 0) is 48.7 Å². The highest BCUT2D eigenvalue weighted by atomic mass is 32.2. The molecule has 0 aliphatic heterocycles. The Kier molecular flexibility index (Phi) is 5.25. The number of carbonyl (C=O) groups is 1. The van der Waals surface area contributed by atoms with Gasteiger partial charge in [0, 0.05) is 16.8 Å². The summed E-state index contributed by atoms with van der Waals surface area (Å²) in [6.45, 7) is 3.91. The Morgan fingerprint density at radius 3 is 2.41 bits per heavy atom. The lowest BCUT2D eigenvalue weighted by Crippen LogP contribution is -2.17. The average molecular weight is 383 g/mol. The van der Waals surface area contributed by atoms with E-state index < -0.39 is 10.0 Å². The number of para-hydroxylation sites is 1. The van der Waals surface area contributed by atoms with Crippen molar-refractivity contribution in [3.05, 3.63) is 70.9 Å². The van der Waals surface area contributed by atoms with Crippen molar-refractivity contribution in [3.63, 3.8) is 0 Å². The summed E-state index contributed by atoms with van der Waals surface area (Å²) in [5, 5.41) is 8.91. The minimum absolute atomic E-state index is 0.155. The van der Waals surface area contributed by atoms with Gasteiger partial charge in [0.05, 0.1) is 17.7 Å². The van der Waals surface area contributed by atoms with Crippen molar-refractivity contribution in [1.82, 2.24) is 4.98 Å². The van der Waals surface area contributed by atoms with E-state index in [9.17, 15) is 13.2 Å². The van der Waals surface area contributed by atoms with Gasteiger partial charge in [0.2, 0.25) is 15.9 Å². The molecule has 0 saturated carbocycles. The van der Waals surface area contributed by atoms with Crippen LogP contribution < -0.4 is 10.5 Å². The first-order valence-electron chi connectivity index (χ1n) is 8.47. The number of rotatable bonds is 5. The molecule has 2 aromatic carbocycles. The summed E-state index contributed by atoms with van der Waals surface area (Å²) >= 11 is 0. The zero-order valence-electron chi connectivity index (χ0n) is 15.2. The third kappa shape index (κ3) is 4.69. The molecule has 0 unspecified atom stereocenters. The molecule has 3 aromatic rings. The number of nitrogens with one attached hydrogen (secondary N) is 1. The molecule has 1 heterocycles. The Labute approximate surface area is 158 Å². The Bertz CT molecular complexity index is 1110. The lowest BCUT2D eigenvalue weighted by Gasteiger charge is -2.13.